The molecule has 0 unspecified atom stereocenters. The van der Waals surface area contributed by atoms with Gasteiger partial charge in [0.1, 0.15) is 5.60 Å². The fourth-order valence-corrected chi connectivity index (χ4v) is 2.30. The van der Waals surface area contributed by atoms with E-state index in [1.54, 1.807) is 4.90 Å². The molecule has 1 saturated heterocycles. The largest absolute Gasteiger partial charge is 0.444 e. The smallest absolute Gasteiger partial charge is 0.410 e. The van der Waals surface area contributed by atoms with Crippen LogP contribution in [-0.2, 0) is 4.74 Å². The predicted molar refractivity (Wildman–Crippen MR) is 91.9 cm³/mol. The second-order valence-corrected chi connectivity index (χ2v) is 6.65. The summed E-state index contributed by atoms with van der Waals surface area (Å²) in [5, 5.41) is 2.91. The van der Waals surface area contributed by atoms with E-state index in [1.165, 1.54) is 0 Å². The van der Waals surface area contributed by atoms with Crippen LogP contribution >= 0.6 is 0 Å². The van der Waals surface area contributed by atoms with Crippen molar-refractivity contribution >= 4 is 17.8 Å². The molecule has 23 heavy (non-hydrogen) atoms. The highest BCUT2D eigenvalue weighted by Crippen LogP contribution is 2.15. The SMILES string of the molecule is C/C=C\C(CC)=NC(=O)NC1CCN(C(=O)OC(C)(C)C)CC1. The number of allylic oxidation sites excluding steroid dienone is 2. The summed E-state index contributed by atoms with van der Waals surface area (Å²) >= 11 is 0. The number of aliphatic imine (C=N–C) groups is 1. The average Bonchev–Trinajstić information content (AvgIpc) is 2.45. The van der Waals surface area contributed by atoms with Crippen molar-refractivity contribution in [2.24, 2.45) is 4.99 Å². The maximum Gasteiger partial charge on any atom is 0.410 e. The highest BCUT2D eigenvalue weighted by atomic mass is 16.6. The van der Waals surface area contributed by atoms with Gasteiger partial charge in [0.15, 0.2) is 0 Å². The number of nitrogens with zero attached hydrogens (tertiary/aromatic N) is 2. The van der Waals surface area contributed by atoms with Crippen LogP contribution < -0.4 is 5.32 Å². The van der Waals surface area contributed by atoms with Crippen LogP contribution in [-0.4, -0.2) is 47.5 Å². The number of nitrogens with one attached hydrogen (secondary N) is 1. The number of carbonyl (C=O) groups is 2. The van der Waals surface area contributed by atoms with Gasteiger partial charge in [-0.25, -0.2) is 9.59 Å². The van der Waals surface area contributed by atoms with Gasteiger partial charge in [0.05, 0.1) is 0 Å². The van der Waals surface area contributed by atoms with E-state index >= 15 is 0 Å². The Morgan fingerprint density at radius 2 is 1.91 bits per heavy atom. The van der Waals surface area contributed by atoms with Crippen LogP contribution in [0, 0.1) is 0 Å². The molecule has 1 fully saturated rings. The Morgan fingerprint density at radius 3 is 2.39 bits per heavy atom. The standard InChI is InChI=1S/C17H29N3O3/c1-6-8-13(7-2)18-15(21)19-14-9-11-20(12-10-14)16(22)23-17(3,4)5/h6,8,14H,7,9-12H2,1-5H3,(H,19,21)/b8-6-,18-13?. The fraction of sp³-hybridized carbons (Fsp3) is 0.706. The Balaban J connectivity index is 2.45. The summed E-state index contributed by atoms with van der Waals surface area (Å²) in [5.41, 5.74) is 0.274. The van der Waals surface area contributed by atoms with Gasteiger partial charge in [0, 0.05) is 24.8 Å². The minimum Gasteiger partial charge on any atom is -0.444 e. The van der Waals surface area contributed by atoms with Crippen molar-refractivity contribution in [2.75, 3.05) is 13.1 Å². The van der Waals surface area contributed by atoms with Crippen molar-refractivity contribution in [3.63, 3.8) is 0 Å². The first-order valence-electron chi connectivity index (χ1n) is 8.23. The molecule has 0 aromatic rings. The molecule has 1 aliphatic heterocycles. The molecule has 0 bridgehead atoms. The van der Waals surface area contributed by atoms with Gasteiger partial charge < -0.3 is 15.0 Å². The fourth-order valence-electron chi connectivity index (χ4n) is 2.30. The molecule has 0 aromatic carbocycles. The van der Waals surface area contributed by atoms with E-state index in [0.717, 1.165) is 12.1 Å². The van der Waals surface area contributed by atoms with E-state index in [-0.39, 0.29) is 18.2 Å². The van der Waals surface area contributed by atoms with Gasteiger partial charge in [-0.15, -0.1) is 0 Å². The van der Waals surface area contributed by atoms with Gasteiger partial charge in [-0.2, -0.15) is 4.99 Å². The van der Waals surface area contributed by atoms with Crippen LogP contribution in [0.2, 0.25) is 0 Å². The zero-order chi connectivity index (χ0) is 17.5. The predicted octanol–water partition coefficient (Wildman–Crippen LogP) is 3.52. The molecule has 0 atom stereocenters. The number of piperidine rings is 1. The lowest BCUT2D eigenvalue weighted by Crippen LogP contribution is -2.47. The molecule has 0 aliphatic carbocycles. The molecule has 1 aliphatic rings. The van der Waals surface area contributed by atoms with Crippen molar-refractivity contribution in [3.8, 4) is 0 Å². The lowest BCUT2D eigenvalue weighted by molar-refractivity contribution is 0.0202. The first kappa shape index (κ1) is 19.2. The number of rotatable bonds is 3. The number of urea groups is 1. The second kappa shape index (κ2) is 8.70. The number of amides is 3. The third-order valence-corrected chi connectivity index (χ3v) is 3.44. The monoisotopic (exact) mass is 323 g/mol. The molecule has 3 amide bonds. The number of hydrogen-bond donors (Lipinski definition) is 1. The molecule has 6 heteroatoms. The van der Waals surface area contributed by atoms with Crippen LogP contribution in [0.15, 0.2) is 17.1 Å². The van der Waals surface area contributed by atoms with Gasteiger partial charge >= 0.3 is 12.1 Å². The van der Waals surface area contributed by atoms with E-state index in [1.807, 2.05) is 46.8 Å². The number of ether oxygens (including phenoxy) is 1. The number of likely N-dealkylation sites (tertiary alicyclic amines) is 1. The van der Waals surface area contributed by atoms with Crippen molar-refractivity contribution < 1.29 is 14.3 Å². The van der Waals surface area contributed by atoms with Crippen LogP contribution in [0.25, 0.3) is 0 Å². The van der Waals surface area contributed by atoms with Crippen molar-refractivity contribution in [1.82, 2.24) is 10.2 Å². The molecule has 0 aromatic heterocycles. The normalized spacial score (nSPS) is 17.4. The third kappa shape index (κ3) is 7.30. The van der Waals surface area contributed by atoms with Crippen LogP contribution in [0.3, 0.4) is 0 Å². The summed E-state index contributed by atoms with van der Waals surface area (Å²) in [6, 6.07) is -0.260. The highest BCUT2D eigenvalue weighted by molar-refractivity contribution is 6.01. The Bertz CT molecular complexity index is 470. The van der Waals surface area contributed by atoms with Gasteiger partial charge in [0.2, 0.25) is 0 Å². The van der Waals surface area contributed by atoms with E-state index in [0.29, 0.717) is 25.9 Å². The summed E-state index contributed by atoms with van der Waals surface area (Å²) in [6.07, 6.45) is 5.56. The Labute approximate surface area is 139 Å². The summed E-state index contributed by atoms with van der Waals surface area (Å²) < 4.78 is 5.36. The minimum atomic E-state index is -0.486. The topological polar surface area (TPSA) is 71.0 Å². The molecule has 130 valence electrons. The molecular weight excluding hydrogens is 294 g/mol. The van der Waals surface area contributed by atoms with E-state index in [2.05, 4.69) is 10.3 Å². The van der Waals surface area contributed by atoms with Crippen molar-refractivity contribution in [1.29, 1.82) is 0 Å². The second-order valence-electron chi connectivity index (χ2n) is 6.65. The Morgan fingerprint density at radius 1 is 1.30 bits per heavy atom. The maximum atomic E-state index is 12.0. The molecule has 0 spiro atoms. The van der Waals surface area contributed by atoms with Gasteiger partial charge in [0.25, 0.3) is 0 Å². The lowest BCUT2D eigenvalue weighted by atomic mass is 10.1. The van der Waals surface area contributed by atoms with Crippen LogP contribution in [0.4, 0.5) is 9.59 Å². The Kier molecular flexibility index (Phi) is 7.26. The summed E-state index contributed by atoms with van der Waals surface area (Å²) in [4.78, 5) is 29.7. The average molecular weight is 323 g/mol. The van der Waals surface area contributed by atoms with Gasteiger partial charge in [-0.3, -0.25) is 0 Å². The van der Waals surface area contributed by atoms with E-state index in [4.69, 9.17) is 4.74 Å². The molecular formula is C17H29N3O3. The zero-order valence-electron chi connectivity index (χ0n) is 14.9. The highest BCUT2D eigenvalue weighted by Gasteiger charge is 2.27. The number of carbonyl (C=O) groups excluding carboxylic acids is 2. The third-order valence-electron chi connectivity index (χ3n) is 3.44. The van der Waals surface area contributed by atoms with Crippen molar-refractivity contribution in [2.45, 2.75) is 65.5 Å². The van der Waals surface area contributed by atoms with E-state index < -0.39 is 5.60 Å². The van der Waals surface area contributed by atoms with Crippen LogP contribution in [0.5, 0.6) is 0 Å². The molecule has 0 saturated carbocycles. The van der Waals surface area contributed by atoms with Crippen molar-refractivity contribution in [3.05, 3.63) is 12.2 Å². The molecule has 1 rings (SSSR count). The molecule has 1 N–H and O–H groups in total. The first-order valence-corrected chi connectivity index (χ1v) is 8.23. The lowest BCUT2D eigenvalue weighted by Gasteiger charge is -2.33. The zero-order valence-corrected chi connectivity index (χ0v) is 14.9. The first-order chi connectivity index (χ1) is 10.7. The minimum absolute atomic E-state index is 0.0497. The molecule has 0 radical (unpaired) electrons. The summed E-state index contributed by atoms with van der Waals surface area (Å²) in [5.74, 6) is 0. The van der Waals surface area contributed by atoms with Gasteiger partial charge in [-0.1, -0.05) is 13.0 Å². The van der Waals surface area contributed by atoms with Gasteiger partial charge in [-0.05, 0) is 53.0 Å². The van der Waals surface area contributed by atoms with Crippen LogP contribution in [0.1, 0.15) is 53.9 Å². The quantitative estimate of drug-likeness (QED) is 0.808. The molecule has 6 nitrogen and oxygen atoms in total. The summed E-state index contributed by atoms with van der Waals surface area (Å²) in [6.45, 7) is 10.6. The number of hydrogen-bond acceptors (Lipinski definition) is 3. The van der Waals surface area contributed by atoms with E-state index in [9.17, 15) is 9.59 Å². The summed E-state index contributed by atoms with van der Waals surface area (Å²) in [7, 11) is 0. The molecule has 1 heterocycles. The Hall–Kier alpha value is -1.85. The maximum absolute atomic E-state index is 12.0.